The van der Waals surface area contributed by atoms with Gasteiger partial charge in [-0.1, -0.05) is 27.7 Å². The van der Waals surface area contributed by atoms with Crippen molar-refractivity contribution in [3.63, 3.8) is 0 Å². The highest BCUT2D eigenvalue weighted by Crippen LogP contribution is 2.31. The van der Waals surface area contributed by atoms with Crippen molar-refractivity contribution in [2.75, 3.05) is 0 Å². The van der Waals surface area contributed by atoms with E-state index in [1.54, 1.807) is 6.26 Å². The lowest BCUT2D eigenvalue weighted by atomic mass is 10.0. The second-order valence-electron chi connectivity index (χ2n) is 5.55. The zero-order valence-electron chi connectivity index (χ0n) is 12.4. The maximum atomic E-state index is 5.61. The highest BCUT2D eigenvalue weighted by Gasteiger charge is 2.17. The topological polar surface area (TPSA) is 43.0 Å². The molecule has 0 spiro atoms. The molecule has 1 N–H and O–H groups in total. The summed E-state index contributed by atoms with van der Waals surface area (Å²) in [4.78, 5) is 0. The molecule has 2 aromatic rings. The number of nitrogens with one attached hydrogen (secondary N) is 1. The summed E-state index contributed by atoms with van der Waals surface area (Å²) < 4.78 is 7.49. The standard InChI is InChI=1S/C15H23N3O/c1-10(2)15-13(9-18(5)17-15)12-6-7-19-14(12)8-16-11(3)4/h6-7,9-11,16H,8H2,1-5H3. The van der Waals surface area contributed by atoms with Crippen LogP contribution in [0.5, 0.6) is 0 Å². The fraction of sp³-hybridized carbons (Fsp3) is 0.533. The average Bonchev–Trinajstić information content (AvgIpc) is 2.91. The molecule has 0 aliphatic rings. The molecule has 0 unspecified atom stereocenters. The molecule has 0 saturated carbocycles. The molecule has 4 heteroatoms. The van der Waals surface area contributed by atoms with E-state index in [4.69, 9.17) is 4.42 Å². The van der Waals surface area contributed by atoms with Gasteiger partial charge < -0.3 is 9.73 Å². The van der Waals surface area contributed by atoms with E-state index in [9.17, 15) is 0 Å². The van der Waals surface area contributed by atoms with Gasteiger partial charge in [0.25, 0.3) is 0 Å². The Bertz CT molecular complexity index is 537. The van der Waals surface area contributed by atoms with Gasteiger partial charge in [0.05, 0.1) is 18.5 Å². The summed E-state index contributed by atoms with van der Waals surface area (Å²) in [6.45, 7) is 9.33. The van der Waals surface area contributed by atoms with Crippen molar-refractivity contribution < 1.29 is 4.42 Å². The van der Waals surface area contributed by atoms with Crippen molar-refractivity contribution >= 4 is 0 Å². The minimum absolute atomic E-state index is 0.400. The number of nitrogens with zero attached hydrogens (tertiary/aromatic N) is 2. The van der Waals surface area contributed by atoms with Crippen molar-refractivity contribution in [1.82, 2.24) is 15.1 Å². The number of aromatic nitrogens is 2. The van der Waals surface area contributed by atoms with E-state index < -0.39 is 0 Å². The van der Waals surface area contributed by atoms with Gasteiger partial charge in [-0.15, -0.1) is 0 Å². The summed E-state index contributed by atoms with van der Waals surface area (Å²) in [6, 6.07) is 2.47. The van der Waals surface area contributed by atoms with Crippen LogP contribution < -0.4 is 5.32 Å². The normalized spacial score (nSPS) is 11.7. The fourth-order valence-electron chi connectivity index (χ4n) is 2.15. The second kappa shape index (κ2) is 5.61. The molecular weight excluding hydrogens is 238 g/mol. The van der Waals surface area contributed by atoms with Crippen LogP contribution in [0, 0.1) is 0 Å². The van der Waals surface area contributed by atoms with Gasteiger partial charge >= 0.3 is 0 Å². The quantitative estimate of drug-likeness (QED) is 0.898. The van der Waals surface area contributed by atoms with Gasteiger partial charge in [0, 0.05) is 30.4 Å². The lowest BCUT2D eigenvalue weighted by Crippen LogP contribution is -2.21. The fourth-order valence-corrected chi connectivity index (χ4v) is 2.15. The van der Waals surface area contributed by atoms with Crippen LogP contribution in [0.1, 0.15) is 45.1 Å². The van der Waals surface area contributed by atoms with E-state index in [0.717, 1.165) is 23.6 Å². The van der Waals surface area contributed by atoms with E-state index in [-0.39, 0.29) is 0 Å². The molecule has 2 heterocycles. The van der Waals surface area contributed by atoms with Gasteiger partial charge in [-0.25, -0.2) is 0 Å². The molecule has 0 aliphatic heterocycles. The first-order chi connectivity index (χ1) is 8.99. The van der Waals surface area contributed by atoms with E-state index >= 15 is 0 Å². The van der Waals surface area contributed by atoms with Crippen LogP contribution in [-0.2, 0) is 13.6 Å². The van der Waals surface area contributed by atoms with Gasteiger partial charge in [0.2, 0.25) is 0 Å². The molecule has 2 aromatic heterocycles. The maximum absolute atomic E-state index is 5.61. The summed E-state index contributed by atoms with van der Waals surface area (Å²) in [5, 5.41) is 7.95. The zero-order chi connectivity index (χ0) is 14.0. The molecule has 0 fully saturated rings. The predicted molar refractivity (Wildman–Crippen MR) is 77.0 cm³/mol. The maximum Gasteiger partial charge on any atom is 0.125 e. The van der Waals surface area contributed by atoms with Crippen molar-refractivity contribution in [2.24, 2.45) is 7.05 Å². The second-order valence-corrected chi connectivity index (χ2v) is 5.55. The molecule has 4 nitrogen and oxygen atoms in total. The van der Waals surface area contributed by atoms with Gasteiger partial charge in [-0.2, -0.15) is 5.10 Å². The minimum Gasteiger partial charge on any atom is -0.467 e. The molecule has 0 radical (unpaired) electrons. The largest absolute Gasteiger partial charge is 0.467 e. The van der Waals surface area contributed by atoms with Crippen molar-refractivity contribution in [1.29, 1.82) is 0 Å². The zero-order valence-corrected chi connectivity index (χ0v) is 12.4. The van der Waals surface area contributed by atoms with Crippen LogP contribution in [0.3, 0.4) is 0 Å². The third kappa shape index (κ3) is 3.07. The van der Waals surface area contributed by atoms with Crippen LogP contribution in [0.15, 0.2) is 22.9 Å². The predicted octanol–water partition coefficient (Wildman–Crippen LogP) is 3.30. The lowest BCUT2D eigenvalue weighted by Gasteiger charge is -2.08. The highest BCUT2D eigenvalue weighted by molar-refractivity contribution is 5.67. The van der Waals surface area contributed by atoms with Crippen LogP contribution in [0.2, 0.25) is 0 Å². The smallest absolute Gasteiger partial charge is 0.125 e. The van der Waals surface area contributed by atoms with Crippen LogP contribution >= 0.6 is 0 Å². The third-order valence-electron chi connectivity index (χ3n) is 3.11. The molecular formula is C15H23N3O. The molecule has 2 rings (SSSR count). The summed E-state index contributed by atoms with van der Waals surface area (Å²) in [5.41, 5.74) is 3.44. The number of aryl methyl sites for hydroxylation is 1. The molecule has 19 heavy (non-hydrogen) atoms. The number of furan rings is 1. The molecule has 0 saturated heterocycles. The van der Waals surface area contributed by atoms with Crippen molar-refractivity contribution in [3.8, 4) is 11.1 Å². The van der Waals surface area contributed by atoms with E-state index in [0.29, 0.717) is 12.0 Å². The first-order valence-electron chi connectivity index (χ1n) is 6.82. The first-order valence-corrected chi connectivity index (χ1v) is 6.82. The summed E-state index contributed by atoms with van der Waals surface area (Å²) in [6.07, 6.45) is 3.82. The Morgan fingerprint density at radius 3 is 2.63 bits per heavy atom. The number of rotatable bonds is 5. The molecule has 0 amide bonds. The molecule has 0 atom stereocenters. The van der Waals surface area contributed by atoms with E-state index in [1.165, 1.54) is 5.56 Å². The Balaban J connectivity index is 2.34. The molecule has 0 aromatic carbocycles. The monoisotopic (exact) mass is 261 g/mol. The minimum atomic E-state index is 0.400. The van der Waals surface area contributed by atoms with Crippen LogP contribution in [0.4, 0.5) is 0 Å². The molecule has 104 valence electrons. The highest BCUT2D eigenvalue weighted by atomic mass is 16.3. The lowest BCUT2D eigenvalue weighted by molar-refractivity contribution is 0.466. The van der Waals surface area contributed by atoms with Crippen molar-refractivity contribution in [3.05, 3.63) is 30.0 Å². The molecule has 0 aliphatic carbocycles. The van der Waals surface area contributed by atoms with Gasteiger partial charge in [0.15, 0.2) is 0 Å². The Morgan fingerprint density at radius 1 is 1.26 bits per heavy atom. The number of hydrogen-bond acceptors (Lipinski definition) is 3. The summed E-state index contributed by atoms with van der Waals surface area (Å²) in [5.74, 6) is 1.38. The third-order valence-corrected chi connectivity index (χ3v) is 3.11. The van der Waals surface area contributed by atoms with E-state index in [2.05, 4.69) is 44.3 Å². The van der Waals surface area contributed by atoms with Crippen molar-refractivity contribution in [2.45, 2.75) is 46.2 Å². The van der Waals surface area contributed by atoms with Crippen LogP contribution in [-0.4, -0.2) is 15.8 Å². The SMILES string of the molecule is CC(C)NCc1occc1-c1cn(C)nc1C(C)C. The molecule has 0 bridgehead atoms. The average molecular weight is 261 g/mol. The Hall–Kier alpha value is -1.55. The van der Waals surface area contributed by atoms with Gasteiger partial charge in [-0.3, -0.25) is 4.68 Å². The van der Waals surface area contributed by atoms with Gasteiger partial charge in [0.1, 0.15) is 5.76 Å². The summed E-state index contributed by atoms with van der Waals surface area (Å²) in [7, 11) is 1.96. The van der Waals surface area contributed by atoms with E-state index in [1.807, 2.05) is 17.8 Å². The number of hydrogen-bond donors (Lipinski definition) is 1. The van der Waals surface area contributed by atoms with Crippen LogP contribution in [0.25, 0.3) is 11.1 Å². The summed E-state index contributed by atoms with van der Waals surface area (Å²) >= 11 is 0. The Morgan fingerprint density at radius 2 is 2.00 bits per heavy atom. The van der Waals surface area contributed by atoms with Gasteiger partial charge in [-0.05, 0) is 12.0 Å². The Labute approximate surface area is 114 Å². The first kappa shape index (κ1) is 13.9. The Kier molecular flexibility index (Phi) is 4.10.